The van der Waals surface area contributed by atoms with E-state index in [4.69, 9.17) is 0 Å². The van der Waals surface area contributed by atoms with Crippen LogP contribution in [0.5, 0.6) is 0 Å². The summed E-state index contributed by atoms with van der Waals surface area (Å²) in [7, 11) is 0. The zero-order chi connectivity index (χ0) is 13.0. The number of nitrogens with one attached hydrogen (secondary N) is 1. The fourth-order valence-electron chi connectivity index (χ4n) is 1.27. The molecule has 1 heterocycles. The van der Waals surface area contributed by atoms with Crippen LogP contribution in [0.3, 0.4) is 0 Å². The second-order valence-electron chi connectivity index (χ2n) is 3.83. The molecule has 0 aliphatic carbocycles. The maximum absolute atomic E-state index is 11.4. The summed E-state index contributed by atoms with van der Waals surface area (Å²) in [5, 5.41) is 13.1. The van der Waals surface area contributed by atoms with Crippen molar-refractivity contribution in [3.8, 4) is 0 Å². The highest BCUT2D eigenvalue weighted by Gasteiger charge is 2.10. The Labute approximate surface area is 97.2 Å². The predicted octanol–water partition coefficient (Wildman–Crippen LogP) is 0.281. The van der Waals surface area contributed by atoms with Crippen molar-refractivity contribution >= 4 is 11.6 Å². The van der Waals surface area contributed by atoms with Crippen LogP contribution in [0.25, 0.3) is 0 Å². The van der Waals surface area contributed by atoms with Gasteiger partial charge in [-0.05, 0) is 13.8 Å². The van der Waals surface area contributed by atoms with Crippen molar-refractivity contribution in [3.63, 3.8) is 0 Å². The van der Waals surface area contributed by atoms with Gasteiger partial charge in [0.2, 0.25) is 5.91 Å². The highest BCUT2D eigenvalue weighted by Crippen LogP contribution is 2.05. The fourth-order valence-corrected chi connectivity index (χ4v) is 1.27. The van der Waals surface area contributed by atoms with Gasteiger partial charge in [-0.1, -0.05) is 0 Å². The highest BCUT2D eigenvalue weighted by molar-refractivity contribution is 5.76. The van der Waals surface area contributed by atoms with Crippen LogP contribution in [0.1, 0.15) is 13.8 Å². The van der Waals surface area contributed by atoms with Crippen molar-refractivity contribution in [3.05, 3.63) is 38.8 Å². The Morgan fingerprint density at radius 3 is 2.71 bits per heavy atom. The number of pyridine rings is 1. The van der Waals surface area contributed by atoms with Crippen LogP contribution in [0.2, 0.25) is 0 Å². The molecule has 0 unspecified atom stereocenters. The number of aromatic nitrogens is 1. The van der Waals surface area contributed by atoms with Crippen molar-refractivity contribution in [1.29, 1.82) is 0 Å². The molecule has 0 bridgehead atoms. The molecule has 1 rings (SSSR count). The van der Waals surface area contributed by atoms with E-state index in [0.717, 1.165) is 22.9 Å². The van der Waals surface area contributed by atoms with Gasteiger partial charge in [0.1, 0.15) is 6.54 Å². The lowest BCUT2D eigenvalue weighted by Gasteiger charge is -2.09. The Hall–Kier alpha value is -2.18. The Morgan fingerprint density at radius 2 is 2.18 bits per heavy atom. The third-order valence-corrected chi connectivity index (χ3v) is 1.94. The molecule has 1 aromatic heterocycles. The monoisotopic (exact) mass is 239 g/mol. The van der Waals surface area contributed by atoms with E-state index in [1.807, 2.05) is 0 Å². The first-order chi connectivity index (χ1) is 7.90. The van der Waals surface area contributed by atoms with Crippen molar-refractivity contribution in [2.75, 3.05) is 0 Å². The van der Waals surface area contributed by atoms with Gasteiger partial charge in [0, 0.05) is 18.2 Å². The summed E-state index contributed by atoms with van der Waals surface area (Å²) < 4.78 is 1.01. The minimum absolute atomic E-state index is 0.0445. The van der Waals surface area contributed by atoms with Crippen LogP contribution >= 0.6 is 0 Å². The molecule has 1 amide bonds. The summed E-state index contributed by atoms with van der Waals surface area (Å²) in [6, 6.07) is 2.14. The molecule has 7 heteroatoms. The molecular weight excluding hydrogens is 226 g/mol. The fraction of sp³-hybridized carbons (Fsp3) is 0.400. The summed E-state index contributed by atoms with van der Waals surface area (Å²) in [5.74, 6) is -0.359. The molecule has 0 atom stereocenters. The molecule has 0 aliphatic rings. The van der Waals surface area contributed by atoms with Crippen LogP contribution in [-0.2, 0) is 11.3 Å². The zero-order valence-electron chi connectivity index (χ0n) is 9.54. The summed E-state index contributed by atoms with van der Waals surface area (Å²) in [5.41, 5.74) is -0.670. The number of nitro groups is 1. The van der Waals surface area contributed by atoms with Gasteiger partial charge in [-0.15, -0.1) is 0 Å². The number of carbonyl (C=O) groups is 1. The zero-order valence-corrected chi connectivity index (χ0v) is 9.54. The first-order valence-electron chi connectivity index (χ1n) is 5.04. The predicted molar refractivity (Wildman–Crippen MR) is 60.6 cm³/mol. The van der Waals surface area contributed by atoms with E-state index < -0.39 is 10.5 Å². The smallest absolute Gasteiger partial charge is 0.285 e. The van der Waals surface area contributed by atoms with Crippen molar-refractivity contribution in [2.24, 2.45) is 0 Å². The van der Waals surface area contributed by atoms with Crippen LogP contribution < -0.4 is 10.9 Å². The van der Waals surface area contributed by atoms with E-state index in [1.54, 1.807) is 13.8 Å². The van der Waals surface area contributed by atoms with Gasteiger partial charge in [-0.25, -0.2) is 0 Å². The lowest BCUT2D eigenvalue weighted by atomic mass is 10.3. The van der Waals surface area contributed by atoms with E-state index in [2.05, 4.69) is 5.32 Å². The molecule has 0 spiro atoms. The van der Waals surface area contributed by atoms with E-state index in [0.29, 0.717) is 0 Å². The maximum atomic E-state index is 11.4. The van der Waals surface area contributed by atoms with Gasteiger partial charge in [-0.3, -0.25) is 24.3 Å². The van der Waals surface area contributed by atoms with E-state index in [9.17, 15) is 19.7 Å². The molecule has 92 valence electrons. The molecule has 0 aliphatic heterocycles. The number of carbonyl (C=O) groups excluding carboxylic acids is 1. The Balaban J connectivity index is 2.90. The number of nitrogens with zero attached hydrogens (tertiary/aromatic N) is 2. The lowest BCUT2D eigenvalue weighted by Crippen LogP contribution is -2.35. The molecule has 0 saturated heterocycles. The van der Waals surface area contributed by atoms with Gasteiger partial charge in [-0.2, -0.15) is 0 Å². The maximum Gasteiger partial charge on any atom is 0.285 e. The summed E-state index contributed by atoms with van der Waals surface area (Å²) in [6.07, 6.45) is 1.06. The molecule has 0 radical (unpaired) electrons. The van der Waals surface area contributed by atoms with E-state index in [1.165, 1.54) is 0 Å². The molecule has 0 saturated carbocycles. The second kappa shape index (κ2) is 5.24. The van der Waals surface area contributed by atoms with Crippen LogP contribution in [0.4, 0.5) is 5.69 Å². The standard InChI is InChI=1S/C10H13N3O4/c1-7(2)11-9(14)6-12-5-8(13(16)17)3-4-10(12)15/h3-5,7H,6H2,1-2H3,(H,11,14). The molecule has 0 fully saturated rings. The summed E-state index contributed by atoms with van der Waals surface area (Å²) in [6.45, 7) is 3.35. The minimum Gasteiger partial charge on any atom is -0.352 e. The van der Waals surface area contributed by atoms with Gasteiger partial charge in [0.25, 0.3) is 11.2 Å². The summed E-state index contributed by atoms with van der Waals surface area (Å²) >= 11 is 0. The van der Waals surface area contributed by atoms with Gasteiger partial charge < -0.3 is 5.32 Å². The highest BCUT2D eigenvalue weighted by atomic mass is 16.6. The third-order valence-electron chi connectivity index (χ3n) is 1.94. The first kappa shape index (κ1) is 12.9. The first-order valence-corrected chi connectivity index (χ1v) is 5.04. The van der Waals surface area contributed by atoms with E-state index in [-0.39, 0.29) is 24.2 Å². The number of hydrogen-bond acceptors (Lipinski definition) is 4. The average Bonchev–Trinajstić information content (AvgIpc) is 2.19. The Bertz CT molecular complexity index is 493. The SMILES string of the molecule is CC(C)NC(=O)Cn1cc([N+](=O)[O-])ccc1=O. The minimum atomic E-state index is -0.615. The van der Waals surface area contributed by atoms with Gasteiger partial charge >= 0.3 is 0 Å². The average molecular weight is 239 g/mol. The quantitative estimate of drug-likeness (QED) is 0.603. The molecule has 7 nitrogen and oxygen atoms in total. The molecule has 1 N–H and O–H groups in total. The molecule has 1 aromatic rings. The van der Waals surface area contributed by atoms with Crippen molar-refractivity contribution < 1.29 is 9.72 Å². The normalized spacial score (nSPS) is 10.3. The van der Waals surface area contributed by atoms with Crippen molar-refractivity contribution in [2.45, 2.75) is 26.4 Å². The lowest BCUT2D eigenvalue weighted by molar-refractivity contribution is -0.385. The second-order valence-corrected chi connectivity index (χ2v) is 3.83. The summed E-state index contributed by atoms with van der Waals surface area (Å²) in [4.78, 5) is 32.7. The topological polar surface area (TPSA) is 94.2 Å². The van der Waals surface area contributed by atoms with Crippen LogP contribution in [0, 0.1) is 10.1 Å². The largest absolute Gasteiger partial charge is 0.352 e. The van der Waals surface area contributed by atoms with Crippen molar-refractivity contribution in [1.82, 2.24) is 9.88 Å². The Kier molecular flexibility index (Phi) is 3.97. The molecule has 17 heavy (non-hydrogen) atoms. The number of amides is 1. The van der Waals surface area contributed by atoms with Gasteiger partial charge in [0.05, 0.1) is 11.1 Å². The van der Waals surface area contributed by atoms with Crippen LogP contribution in [-0.4, -0.2) is 21.4 Å². The Morgan fingerprint density at radius 1 is 1.53 bits per heavy atom. The van der Waals surface area contributed by atoms with Crippen LogP contribution in [0.15, 0.2) is 23.1 Å². The number of rotatable bonds is 4. The molecule has 0 aromatic carbocycles. The number of hydrogen-bond donors (Lipinski definition) is 1. The van der Waals surface area contributed by atoms with E-state index >= 15 is 0 Å². The third kappa shape index (κ3) is 3.71. The molecular formula is C10H13N3O4. The van der Waals surface area contributed by atoms with Gasteiger partial charge in [0.15, 0.2) is 0 Å².